The standard InChI is InChI=1S/C18H19ClN2O2/c1-23-17-12-15(11-16(19)20-17)18(22)21-9-7-14(8-10-21)13-5-3-2-4-6-13/h2-6,11-12,14H,7-10H2,1H3. The molecule has 23 heavy (non-hydrogen) atoms. The van der Waals surface area contributed by atoms with Crippen molar-refractivity contribution >= 4 is 17.5 Å². The van der Waals surface area contributed by atoms with Gasteiger partial charge >= 0.3 is 0 Å². The van der Waals surface area contributed by atoms with Gasteiger partial charge in [0.05, 0.1) is 7.11 Å². The van der Waals surface area contributed by atoms with Crippen molar-refractivity contribution in [2.24, 2.45) is 0 Å². The van der Waals surface area contributed by atoms with Crippen molar-refractivity contribution in [3.05, 3.63) is 58.7 Å². The van der Waals surface area contributed by atoms with E-state index in [0.717, 1.165) is 25.9 Å². The van der Waals surface area contributed by atoms with E-state index in [-0.39, 0.29) is 11.1 Å². The Hall–Kier alpha value is -2.07. The number of hydrogen-bond acceptors (Lipinski definition) is 3. The summed E-state index contributed by atoms with van der Waals surface area (Å²) in [5, 5.41) is 0.270. The highest BCUT2D eigenvalue weighted by molar-refractivity contribution is 6.29. The molecule has 1 saturated heterocycles. The van der Waals surface area contributed by atoms with Crippen molar-refractivity contribution in [2.45, 2.75) is 18.8 Å². The molecular formula is C18H19ClN2O2. The third-order valence-electron chi connectivity index (χ3n) is 4.28. The maximum Gasteiger partial charge on any atom is 0.254 e. The third-order valence-corrected chi connectivity index (χ3v) is 4.47. The number of benzene rings is 1. The quantitative estimate of drug-likeness (QED) is 0.805. The van der Waals surface area contributed by atoms with Crippen LogP contribution in [0.3, 0.4) is 0 Å². The van der Waals surface area contributed by atoms with Gasteiger partial charge < -0.3 is 9.64 Å². The van der Waals surface area contributed by atoms with Crippen molar-refractivity contribution in [3.63, 3.8) is 0 Å². The minimum Gasteiger partial charge on any atom is -0.481 e. The molecule has 0 N–H and O–H groups in total. The third kappa shape index (κ3) is 3.64. The van der Waals surface area contributed by atoms with Gasteiger partial charge in [-0.1, -0.05) is 41.9 Å². The molecular weight excluding hydrogens is 312 g/mol. The maximum atomic E-state index is 12.6. The molecule has 1 aliphatic heterocycles. The number of pyridine rings is 1. The van der Waals surface area contributed by atoms with Crippen LogP contribution in [0.1, 0.15) is 34.7 Å². The highest BCUT2D eigenvalue weighted by atomic mass is 35.5. The summed E-state index contributed by atoms with van der Waals surface area (Å²) in [6, 6.07) is 13.7. The van der Waals surface area contributed by atoms with Gasteiger partial charge in [0, 0.05) is 24.7 Å². The Balaban J connectivity index is 1.68. The van der Waals surface area contributed by atoms with Gasteiger partial charge in [0.25, 0.3) is 5.91 Å². The van der Waals surface area contributed by atoms with Crippen LogP contribution >= 0.6 is 11.6 Å². The van der Waals surface area contributed by atoms with E-state index in [1.54, 1.807) is 12.1 Å². The van der Waals surface area contributed by atoms with Crippen LogP contribution in [0.2, 0.25) is 5.15 Å². The Morgan fingerprint density at radius 3 is 2.57 bits per heavy atom. The number of rotatable bonds is 3. The number of piperidine rings is 1. The van der Waals surface area contributed by atoms with Crippen LogP contribution in [0.15, 0.2) is 42.5 Å². The van der Waals surface area contributed by atoms with E-state index in [4.69, 9.17) is 16.3 Å². The van der Waals surface area contributed by atoms with Gasteiger partial charge in [0.15, 0.2) is 0 Å². The molecule has 0 spiro atoms. The highest BCUT2D eigenvalue weighted by Crippen LogP contribution is 2.29. The summed E-state index contributed by atoms with van der Waals surface area (Å²) < 4.78 is 5.08. The maximum absolute atomic E-state index is 12.6. The molecule has 120 valence electrons. The summed E-state index contributed by atoms with van der Waals surface area (Å²) in [5.74, 6) is 0.870. The average Bonchev–Trinajstić information content (AvgIpc) is 2.61. The van der Waals surface area contributed by atoms with Crippen LogP contribution in [0.25, 0.3) is 0 Å². The van der Waals surface area contributed by atoms with Crippen LogP contribution in [0.5, 0.6) is 5.88 Å². The van der Waals surface area contributed by atoms with Crippen LogP contribution in [-0.2, 0) is 0 Å². The number of likely N-dealkylation sites (tertiary alicyclic amines) is 1. The lowest BCUT2D eigenvalue weighted by molar-refractivity contribution is 0.0712. The Morgan fingerprint density at radius 1 is 1.22 bits per heavy atom. The monoisotopic (exact) mass is 330 g/mol. The van der Waals surface area contributed by atoms with Crippen LogP contribution in [-0.4, -0.2) is 36.0 Å². The number of hydrogen-bond donors (Lipinski definition) is 0. The molecule has 2 aromatic rings. The zero-order valence-corrected chi connectivity index (χ0v) is 13.8. The van der Waals surface area contributed by atoms with E-state index in [2.05, 4.69) is 29.2 Å². The predicted octanol–water partition coefficient (Wildman–Crippen LogP) is 3.76. The van der Waals surface area contributed by atoms with Crippen LogP contribution in [0.4, 0.5) is 0 Å². The molecule has 0 bridgehead atoms. The van der Waals surface area contributed by atoms with Gasteiger partial charge in [-0.2, -0.15) is 0 Å². The number of carbonyl (C=O) groups excluding carboxylic acids is 1. The Kier molecular flexibility index (Phi) is 4.82. The lowest BCUT2D eigenvalue weighted by Crippen LogP contribution is -2.37. The van der Waals surface area contributed by atoms with Gasteiger partial charge in [0.1, 0.15) is 5.15 Å². The molecule has 1 aromatic heterocycles. The Labute approximate surface area is 141 Å². The Bertz CT molecular complexity index is 683. The molecule has 0 unspecified atom stereocenters. The summed E-state index contributed by atoms with van der Waals surface area (Å²) in [7, 11) is 1.51. The van der Waals surface area contributed by atoms with E-state index in [1.807, 2.05) is 11.0 Å². The van der Waals surface area contributed by atoms with Gasteiger partial charge in [-0.05, 0) is 30.4 Å². The van der Waals surface area contributed by atoms with Crippen LogP contribution < -0.4 is 4.74 Å². The predicted molar refractivity (Wildman–Crippen MR) is 90.1 cm³/mol. The van der Waals surface area contributed by atoms with Gasteiger partial charge in [-0.15, -0.1) is 0 Å². The number of ether oxygens (including phenoxy) is 1. The first-order valence-electron chi connectivity index (χ1n) is 7.73. The number of carbonyl (C=O) groups is 1. The molecule has 0 atom stereocenters. The zero-order valence-electron chi connectivity index (χ0n) is 13.0. The van der Waals surface area contributed by atoms with Crippen molar-refractivity contribution in [2.75, 3.05) is 20.2 Å². The van der Waals surface area contributed by atoms with Crippen LogP contribution in [0, 0.1) is 0 Å². The SMILES string of the molecule is COc1cc(C(=O)N2CCC(c3ccccc3)CC2)cc(Cl)n1. The average molecular weight is 331 g/mol. The number of amides is 1. The fourth-order valence-corrected chi connectivity index (χ4v) is 3.23. The van der Waals surface area contributed by atoms with E-state index in [1.165, 1.54) is 12.7 Å². The van der Waals surface area contributed by atoms with Crippen molar-refractivity contribution < 1.29 is 9.53 Å². The largest absolute Gasteiger partial charge is 0.481 e. The van der Waals surface area contributed by atoms with E-state index >= 15 is 0 Å². The molecule has 4 nitrogen and oxygen atoms in total. The first kappa shape index (κ1) is 15.8. The number of methoxy groups -OCH3 is 1. The molecule has 1 amide bonds. The molecule has 1 aliphatic rings. The molecule has 1 aromatic carbocycles. The summed E-state index contributed by atoms with van der Waals surface area (Å²) in [6.07, 6.45) is 1.96. The number of halogens is 1. The Morgan fingerprint density at radius 2 is 1.91 bits per heavy atom. The lowest BCUT2D eigenvalue weighted by atomic mass is 9.89. The fraction of sp³-hybridized carbons (Fsp3) is 0.333. The van der Waals surface area contributed by atoms with Gasteiger partial charge in [-0.3, -0.25) is 4.79 Å². The van der Waals surface area contributed by atoms with Crippen molar-refractivity contribution in [3.8, 4) is 5.88 Å². The summed E-state index contributed by atoms with van der Waals surface area (Å²) in [5.41, 5.74) is 1.88. The minimum absolute atomic E-state index is 0.0147. The topological polar surface area (TPSA) is 42.4 Å². The lowest BCUT2D eigenvalue weighted by Gasteiger charge is -2.32. The first-order valence-corrected chi connectivity index (χ1v) is 8.11. The number of aromatic nitrogens is 1. The molecule has 0 radical (unpaired) electrons. The fourth-order valence-electron chi connectivity index (χ4n) is 3.02. The minimum atomic E-state index is -0.0147. The number of nitrogens with zero attached hydrogens (tertiary/aromatic N) is 2. The van der Waals surface area contributed by atoms with Gasteiger partial charge in [0.2, 0.25) is 5.88 Å². The van der Waals surface area contributed by atoms with E-state index in [9.17, 15) is 4.79 Å². The van der Waals surface area contributed by atoms with E-state index < -0.39 is 0 Å². The molecule has 1 fully saturated rings. The van der Waals surface area contributed by atoms with Crippen molar-refractivity contribution in [1.82, 2.24) is 9.88 Å². The summed E-state index contributed by atoms with van der Waals surface area (Å²) >= 11 is 5.95. The summed E-state index contributed by atoms with van der Waals surface area (Å²) in [6.45, 7) is 1.50. The second-order valence-electron chi connectivity index (χ2n) is 5.70. The normalized spacial score (nSPS) is 15.5. The highest BCUT2D eigenvalue weighted by Gasteiger charge is 2.25. The zero-order chi connectivity index (χ0) is 16.2. The summed E-state index contributed by atoms with van der Waals surface area (Å²) in [4.78, 5) is 18.5. The van der Waals surface area contributed by atoms with Crippen molar-refractivity contribution in [1.29, 1.82) is 0 Å². The molecule has 2 heterocycles. The smallest absolute Gasteiger partial charge is 0.254 e. The molecule has 3 rings (SSSR count). The first-order chi connectivity index (χ1) is 11.2. The molecule has 0 aliphatic carbocycles. The second kappa shape index (κ2) is 7.01. The molecule has 5 heteroatoms. The van der Waals surface area contributed by atoms with E-state index in [0.29, 0.717) is 17.4 Å². The molecule has 0 saturated carbocycles. The van der Waals surface area contributed by atoms with Gasteiger partial charge in [-0.25, -0.2) is 4.98 Å². The second-order valence-corrected chi connectivity index (χ2v) is 6.09.